The molecule has 1 aliphatic heterocycles. The minimum Gasteiger partial charge on any atom is -0.465 e. The van der Waals surface area contributed by atoms with Crippen molar-refractivity contribution in [3.05, 3.63) is 23.4 Å². The van der Waals surface area contributed by atoms with Crippen LogP contribution < -0.4 is 10.2 Å². The van der Waals surface area contributed by atoms with Gasteiger partial charge in [0.15, 0.2) is 0 Å². The summed E-state index contributed by atoms with van der Waals surface area (Å²) in [7, 11) is 0. The Kier molecular flexibility index (Phi) is 4.85. The van der Waals surface area contributed by atoms with Gasteiger partial charge in [-0.2, -0.15) is 0 Å². The van der Waals surface area contributed by atoms with Crippen molar-refractivity contribution in [2.45, 2.75) is 19.3 Å². The highest BCUT2D eigenvalue weighted by Crippen LogP contribution is 2.24. The summed E-state index contributed by atoms with van der Waals surface area (Å²) in [5.41, 5.74) is 0. The van der Waals surface area contributed by atoms with Gasteiger partial charge < -0.3 is 15.3 Å². The number of pyridine rings is 1. The van der Waals surface area contributed by atoms with Crippen LogP contribution in [-0.2, 0) is 0 Å². The minimum absolute atomic E-state index is 0.541. The molecule has 6 heteroatoms. The van der Waals surface area contributed by atoms with Gasteiger partial charge in [-0.15, -0.1) is 0 Å². The van der Waals surface area contributed by atoms with Gasteiger partial charge in [0.1, 0.15) is 5.82 Å². The molecule has 0 unspecified atom stereocenters. The zero-order chi connectivity index (χ0) is 13.7. The van der Waals surface area contributed by atoms with Gasteiger partial charge in [0.2, 0.25) is 0 Å². The molecule has 0 aromatic carbocycles. The van der Waals surface area contributed by atoms with E-state index >= 15 is 0 Å². The largest absolute Gasteiger partial charge is 0.465 e. The van der Waals surface area contributed by atoms with Crippen LogP contribution in [0.25, 0.3) is 0 Å². The Balaban J connectivity index is 1.76. The van der Waals surface area contributed by atoms with E-state index in [1.807, 2.05) is 12.1 Å². The number of carbonyl (C=O) groups is 1. The van der Waals surface area contributed by atoms with E-state index in [0.717, 1.165) is 38.2 Å². The molecule has 1 saturated heterocycles. The first kappa shape index (κ1) is 13.9. The second kappa shape index (κ2) is 6.61. The first-order valence-electron chi connectivity index (χ1n) is 6.48. The van der Waals surface area contributed by atoms with E-state index in [0.29, 0.717) is 17.5 Å². The third-order valence-corrected chi connectivity index (χ3v) is 3.70. The normalized spacial score (nSPS) is 16.4. The summed E-state index contributed by atoms with van der Waals surface area (Å²) in [6.07, 6.45) is 3.79. The van der Waals surface area contributed by atoms with E-state index < -0.39 is 6.09 Å². The maximum Gasteiger partial charge on any atom is 0.404 e. The molecule has 0 bridgehead atoms. The molecule has 0 spiro atoms. The van der Waals surface area contributed by atoms with E-state index in [4.69, 9.17) is 16.7 Å². The molecule has 2 heterocycles. The summed E-state index contributed by atoms with van der Waals surface area (Å²) in [6.45, 7) is 2.47. The molecule has 19 heavy (non-hydrogen) atoms. The first-order valence-corrected chi connectivity index (χ1v) is 6.86. The Hall–Kier alpha value is -1.49. The molecule has 0 radical (unpaired) electrons. The van der Waals surface area contributed by atoms with Crippen LogP contribution in [0.5, 0.6) is 0 Å². The molecule has 2 rings (SSSR count). The highest BCUT2D eigenvalue weighted by atomic mass is 35.5. The highest BCUT2D eigenvalue weighted by molar-refractivity contribution is 6.30. The molecule has 2 N–H and O–H groups in total. The number of nitrogens with zero attached hydrogens (tertiary/aromatic N) is 2. The number of hydrogen-bond acceptors (Lipinski definition) is 3. The van der Waals surface area contributed by atoms with Crippen molar-refractivity contribution in [3.8, 4) is 0 Å². The summed E-state index contributed by atoms with van der Waals surface area (Å²) in [4.78, 5) is 16.9. The Morgan fingerprint density at radius 2 is 2.21 bits per heavy atom. The average Bonchev–Trinajstić information content (AvgIpc) is 2.40. The zero-order valence-corrected chi connectivity index (χ0v) is 11.4. The van der Waals surface area contributed by atoms with Crippen molar-refractivity contribution in [1.82, 2.24) is 10.3 Å². The van der Waals surface area contributed by atoms with Gasteiger partial charge in [0, 0.05) is 25.8 Å². The Morgan fingerprint density at radius 1 is 1.47 bits per heavy atom. The maximum absolute atomic E-state index is 10.4. The van der Waals surface area contributed by atoms with Gasteiger partial charge in [-0.3, -0.25) is 0 Å². The molecule has 1 aliphatic rings. The Bertz CT molecular complexity index is 416. The van der Waals surface area contributed by atoms with Crippen molar-refractivity contribution in [2.24, 2.45) is 5.92 Å². The van der Waals surface area contributed by atoms with Crippen LogP contribution in [0, 0.1) is 5.92 Å². The Labute approximate surface area is 117 Å². The topological polar surface area (TPSA) is 65.5 Å². The number of carboxylic acid groups (broad SMARTS) is 1. The predicted molar refractivity (Wildman–Crippen MR) is 74.8 cm³/mol. The summed E-state index contributed by atoms with van der Waals surface area (Å²) < 4.78 is 0. The van der Waals surface area contributed by atoms with Crippen LogP contribution in [0.4, 0.5) is 10.6 Å². The molecule has 5 nitrogen and oxygen atoms in total. The lowest BCUT2D eigenvalue weighted by molar-refractivity contribution is 0.193. The first-order chi connectivity index (χ1) is 9.15. The van der Waals surface area contributed by atoms with Crippen molar-refractivity contribution >= 4 is 23.5 Å². The third kappa shape index (κ3) is 4.28. The highest BCUT2D eigenvalue weighted by Gasteiger charge is 2.19. The molecular formula is C13H18ClN3O2. The molecule has 0 atom stereocenters. The van der Waals surface area contributed by atoms with Gasteiger partial charge in [-0.05, 0) is 37.3 Å². The minimum atomic E-state index is -0.942. The van der Waals surface area contributed by atoms with Crippen molar-refractivity contribution < 1.29 is 9.90 Å². The number of nitrogens with one attached hydrogen (secondary N) is 1. The smallest absolute Gasteiger partial charge is 0.404 e. The van der Waals surface area contributed by atoms with Crippen LogP contribution in [0.15, 0.2) is 18.3 Å². The van der Waals surface area contributed by atoms with E-state index in [9.17, 15) is 4.79 Å². The van der Waals surface area contributed by atoms with Crippen molar-refractivity contribution in [3.63, 3.8) is 0 Å². The van der Waals surface area contributed by atoms with Crippen LogP contribution in [0.1, 0.15) is 19.3 Å². The van der Waals surface area contributed by atoms with Gasteiger partial charge >= 0.3 is 6.09 Å². The zero-order valence-electron chi connectivity index (χ0n) is 10.7. The van der Waals surface area contributed by atoms with Crippen molar-refractivity contribution in [1.29, 1.82) is 0 Å². The average molecular weight is 284 g/mol. The van der Waals surface area contributed by atoms with Gasteiger partial charge in [-0.1, -0.05) is 11.6 Å². The Morgan fingerprint density at radius 3 is 2.79 bits per heavy atom. The number of aromatic nitrogens is 1. The third-order valence-electron chi connectivity index (χ3n) is 3.48. The number of rotatable bonds is 4. The van der Waals surface area contributed by atoms with Gasteiger partial charge in [-0.25, -0.2) is 9.78 Å². The summed E-state index contributed by atoms with van der Waals surface area (Å²) in [6, 6.07) is 3.79. The molecule has 0 aliphatic carbocycles. The SMILES string of the molecule is O=C(O)NCCC1CCN(c2ccc(Cl)cn2)CC1. The van der Waals surface area contributed by atoms with Gasteiger partial charge in [0.05, 0.1) is 5.02 Å². The molecule has 104 valence electrons. The van der Waals surface area contributed by atoms with Crippen LogP contribution in [0.2, 0.25) is 5.02 Å². The van der Waals surface area contributed by atoms with Crippen LogP contribution >= 0.6 is 11.6 Å². The predicted octanol–water partition coefficient (Wildman–Crippen LogP) is 2.61. The summed E-state index contributed by atoms with van der Waals surface area (Å²) in [5.74, 6) is 1.56. The van der Waals surface area contributed by atoms with Gasteiger partial charge in [0.25, 0.3) is 0 Å². The fourth-order valence-electron chi connectivity index (χ4n) is 2.39. The quantitative estimate of drug-likeness (QED) is 0.891. The summed E-state index contributed by atoms with van der Waals surface area (Å²) >= 11 is 5.82. The number of hydrogen-bond donors (Lipinski definition) is 2. The molecule has 1 aromatic rings. The van der Waals surface area contributed by atoms with Crippen LogP contribution in [0.3, 0.4) is 0 Å². The van der Waals surface area contributed by atoms with E-state index in [1.165, 1.54) is 0 Å². The lowest BCUT2D eigenvalue weighted by Crippen LogP contribution is -2.35. The molecule has 1 fully saturated rings. The number of anilines is 1. The standard InChI is InChI=1S/C13H18ClN3O2/c14-11-1-2-12(16-9-11)17-7-4-10(5-8-17)3-6-15-13(18)19/h1-2,9-10,15H,3-8H2,(H,18,19). The van der Waals surface area contributed by atoms with E-state index in [2.05, 4.69) is 15.2 Å². The molecule has 0 saturated carbocycles. The van der Waals surface area contributed by atoms with E-state index in [1.54, 1.807) is 6.20 Å². The fourth-order valence-corrected chi connectivity index (χ4v) is 2.50. The molecular weight excluding hydrogens is 266 g/mol. The number of halogens is 1. The number of piperidine rings is 1. The van der Waals surface area contributed by atoms with Crippen molar-refractivity contribution in [2.75, 3.05) is 24.5 Å². The number of amides is 1. The second-order valence-electron chi connectivity index (χ2n) is 4.79. The van der Waals surface area contributed by atoms with E-state index in [-0.39, 0.29) is 0 Å². The molecule has 1 amide bonds. The molecule has 1 aromatic heterocycles. The summed E-state index contributed by atoms with van der Waals surface area (Å²) in [5, 5.41) is 11.6. The second-order valence-corrected chi connectivity index (χ2v) is 5.22. The monoisotopic (exact) mass is 283 g/mol. The lowest BCUT2D eigenvalue weighted by atomic mass is 9.93. The fraction of sp³-hybridized carbons (Fsp3) is 0.538. The van der Waals surface area contributed by atoms with Crippen LogP contribution in [-0.4, -0.2) is 35.8 Å². The maximum atomic E-state index is 10.4. The lowest BCUT2D eigenvalue weighted by Gasteiger charge is -2.32.